The number of hydrogen-bond donors (Lipinski definition) is 0. The lowest BCUT2D eigenvalue weighted by Crippen LogP contribution is -2.28. The second-order valence-corrected chi connectivity index (χ2v) is 25.6. The van der Waals surface area contributed by atoms with Crippen LogP contribution in [0.25, 0.3) is 93.9 Å². The van der Waals surface area contributed by atoms with Gasteiger partial charge in [0.25, 0.3) is 0 Å². The zero-order chi connectivity index (χ0) is 59.0. The van der Waals surface area contributed by atoms with Gasteiger partial charge in [-0.1, -0.05) is 296 Å². The SMILES string of the molecule is CC(C)(C)c1cc(-c2cccc3cccc(-c4ccccc4N(c4cccc(-c5cccc6c5c5ccccc5n6-c5ccccc5)c4)c4ccccc4-c4cccc5c4-c4ccccc4C5(c4ccccc4)c4ccccc4)c23)cc(C(C)(C)C)c1. The normalized spacial score (nSPS) is 12.8. The molecule has 0 N–H and O–H groups in total. The summed E-state index contributed by atoms with van der Waals surface area (Å²) in [7, 11) is 0. The first kappa shape index (κ1) is 53.4. The molecule has 1 heterocycles. The number of rotatable bonds is 10. The van der Waals surface area contributed by atoms with Crippen molar-refractivity contribution in [2.75, 3.05) is 4.90 Å². The van der Waals surface area contributed by atoms with Crippen molar-refractivity contribution in [3.63, 3.8) is 0 Å². The van der Waals surface area contributed by atoms with Crippen molar-refractivity contribution in [2.24, 2.45) is 0 Å². The van der Waals surface area contributed by atoms with Crippen molar-refractivity contribution in [3.05, 3.63) is 337 Å². The van der Waals surface area contributed by atoms with E-state index in [2.05, 4.69) is 354 Å². The number of benzene rings is 13. The van der Waals surface area contributed by atoms with E-state index in [4.69, 9.17) is 0 Å². The van der Waals surface area contributed by atoms with Crippen LogP contribution < -0.4 is 4.90 Å². The molecular weight excluding hydrogens is 1050 g/mol. The van der Waals surface area contributed by atoms with Gasteiger partial charge in [-0.2, -0.15) is 0 Å². The number of hydrogen-bond acceptors (Lipinski definition) is 1. The number of aromatic nitrogens is 1. The fourth-order valence-corrected chi connectivity index (χ4v) is 14.3. The minimum Gasteiger partial charge on any atom is -0.309 e. The Labute approximate surface area is 512 Å². The number of nitrogens with zero attached hydrogens (tertiary/aromatic N) is 2. The van der Waals surface area contributed by atoms with Crippen LogP contribution in [0.1, 0.15) is 74.9 Å². The summed E-state index contributed by atoms with van der Waals surface area (Å²) in [6, 6.07) is 114. The molecule has 87 heavy (non-hydrogen) atoms. The van der Waals surface area contributed by atoms with E-state index in [1.54, 1.807) is 0 Å². The van der Waals surface area contributed by atoms with Gasteiger partial charge >= 0.3 is 0 Å². The highest BCUT2D eigenvalue weighted by atomic mass is 15.1. The van der Waals surface area contributed by atoms with E-state index in [0.717, 1.165) is 39.4 Å². The minimum absolute atomic E-state index is 0.0471. The van der Waals surface area contributed by atoms with E-state index in [0.29, 0.717) is 0 Å². The van der Waals surface area contributed by atoms with Gasteiger partial charge in [-0.15, -0.1) is 0 Å². The Morgan fingerprint density at radius 3 is 1.45 bits per heavy atom. The molecule has 2 nitrogen and oxygen atoms in total. The Morgan fingerprint density at radius 2 is 0.793 bits per heavy atom. The lowest BCUT2D eigenvalue weighted by atomic mass is 9.67. The highest BCUT2D eigenvalue weighted by Crippen LogP contribution is 2.59. The van der Waals surface area contributed by atoms with Gasteiger partial charge in [-0.05, 0) is 148 Å². The maximum absolute atomic E-state index is 2.56. The molecular formula is C85H68N2. The van der Waals surface area contributed by atoms with Crippen LogP contribution in [0.4, 0.5) is 17.1 Å². The molecule has 1 aliphatic carbocycles. The summed E-state index contributed by atoms with van der Waals surface area (Å²) in [5.74, 6) is 0. The molecule has 14 aromatic rings. The second-order valence-electron chi connectivity index (χ2n) is 25.6. The third kappa shape index (κ3) is 8.84. The summed E-state index contributed by atoms with van der Waals surface area (Å²) in [6.45, 7) is 14.0. The topological polar surface area (TPSA) is 8.17 Å². The fourth-order valence-electron chi connectivity index (χ4n) is 14.3. The second kappa shape index (κ2) is 21.0. The van der Waals surface area contributed by atoms with Crippen molar-refractivity contribution in [3.8, 4) is 61.3 Å². The molecule has 0 saturated heterocycles. The first-order valence-corrected chi connectivity index (χ1v) is 30.7. The van der Waals surface area contributed by atoms with E-state index in [1.165, 1.54) is 105 Å². The molecule has 0 fully saturated rings. The van der Waals surface area contributed by atoms with Crippen LogP contribution in [-0.4, -0.2) is 4.57 Å². The fraction of sp³-hybridized carbons (Fsp3) is 0.106. The first-order chi connectivity index (χ1) is 42.5. The number of anilines is 3. The monoisotopic (exact) mass is 1120 g/mol. The van der Waals surface area contributed by atoms with Gasteiger partial charge in [-0.3, -0.25) is 0 Å². The smallest absolute Gasteiger partial charge is 0.0713 e. The summed E-state index contributed by atoms with van der Waals surface area (Å²) >= 11 is 0. The van der Waals surface area contributed by atoms with Crippen molar-refractivity contribution in [2.45, 2.75) is 57.8 Å². The van der Waals surface area contributed by atoms with E-state index in [9.17, 15) is 0 Å². The van der Waals surface area contributed by atoms with Crippen LogP contribution in [0.3, 0.4) is 0 Å². The summed E-state index contributed by atoms with van der Waals surface area (Å²) in [5, 5.41) is 4.89. The predicted octanol–water partition coefficient (Wildman–Crippen LogP) is 23.0. The van der Waals surface area contributed by atoms with Gasteiger partial charge in [0.2, 0.25) is 0 Å². The van der Waals surface area contributed by atoms with Crippen LogP contribution in [0, 0.1) is 0 Å². The first-order valence-electron chi connectivity index (χ1n) is 30.7. The average molecular weight is 1120 g/mol. The van der Waals surface area contributed by atoms with Crippen molar-refractivity contribution in [1.82, 2.24) is 4.57 Å². The Balaban J connectivity index is 1.00. The van der Waals surface area contributed by atoms with Gasteiger partial charge in [-0.25, -0.2) is 0 Å². The molecule has 0 saturated carbocycles. The summed E-state index contributed by atoms with van der Waals surface area (Å²) < 4.78 is 2.42. The third-order valence-electron chi connectivity index (χ3n) is 18.4. The van der Waals surface area contributed by atoms with Crippen LogP contribution in [0.15, 0.2) is 303 Å². The largest absolute Gasteiger partial charge is 0.309 e. The minimum atomic E-state index is -0.559. The molecule has 0 atom stereocenters. The van der Waals surface area contributed by atoms with Crippen LogP contribution >= 0.6 is 0 Å². The van der Waals surface area contributed by atoms with Crippen molar-refractivity contribution >= 4 is 49.6 Å². The number of fused-ring (bicyclic) bond motifs is 7. The molecule has 1 aromatic heterocycles. The summed E-state index contributed by atoms with van der Waals surface area (Å²) in [4.78, 5) is 2.56. The summed E-state index contributed by atoms with van der Waals surface area (Å²) in [6.07, 6.45) is 0. The van der Waals surface area contributed by atoms with Gasteiger partial charge in [0, 0.05) is 33.3 Å². The van der Waals surface area contributed by atoms with Gasteiger partial charge in [0.15, 0.2) is 0 Å². The van der Waals surface area contributed by atoms with E-state index < -0.39 is 5.41 Å². The molecule has 1 aliphatic rings. The van der Waals surface area contributed by atoms with E-state index in [1.807, 2.05) is 0 Å². The molecule has 0 aliphatic heterocycles. The predicted molar refractivity (Wildman–Crippen MR) is 369 cm³/mol. The van der Waals surface area contributed by atoms with Crippen molar-refractivity contribution < 1.29 is 0 Å². The zero-order valence-electron chi connectivity index (χ0n) is 50.3. The number of para-hydroxylation sites is 4. The van der Waals surface area contributed by atoms with Crippen LogP contribution in [0.5, 0.6) is 0 Å². The average Bonchev–Trinajstić information content (AvgIpc) is 1.58. The van der Waals surface area contributed by atoms with Crippen LogP contribution in [-0.2, 0) is 16.2 Å². The molecule has 0 bridgehead atoms. The molecule has 2 heteroatoms. The highest BCUT2D eigenvalue weighted by Gasteiger charge is 2.47. The standard InChI is InChI=1S/C85H68N2/c1-83(2,3)62-53-59(54-63(56-62)84(4,5)6)67-43-25-29-57-30-26-45-70(80(57)67)68-39-17-21-49-76(68)87(65-38-24-31-58(55-65)66-44-28-52-79-82(66)73-42-19-23-51-78(73)86(79)64-36-14-9-15-37-64)77-50-22-18-40-69(77)71-46-27-48-75-81(71)72-41-16-20-47-74(72)85(75,60-32-10-7-11-33-60)61-34-12-8-13-35-61/h7-56H,1-6H3. The van der Waals surface area contributed by atoms with E-state index >= 15 is 0 Å². The lowest BCUT2D eigenvalue weighted by molar-refractivity contribution is 0.569. The maximum atomic E-state index is 2.56. The molecule has 0 unspecified atom stereocenters. The quantitative estimate of drug-likeness (QED) is 0.132. The molecule has 0 spiro atoms. The van der Waals surface area contributed by atoms with E-state index in [-0.39, 0.29) is 10.8 Å². The Morgan fingerprint density at radius 1 is 0.322 bits per heavy atom. The Bertz CT molecular complexity index is 4860. The maximum Gasteiger partial charge on any atom is 0.0713 e. The Kier molecular flexibility index (Phi) is 12.9. The molecule has 15 rings (SSSR count). The highest BCUT2D eigenvalue weighted by molar-refractivity contribution is 6.16. The lowest BCUT2D eigenvalue weighted by Gasteiger charge is -2.34. The molecule has 418 valence electrons. The van der Waals surface area contributed by atoms with Crippen LogP contribution in [0.2, 0.25) is 0 Å². The molecule has 0 radical (unpaired) electrons. The summed E-state index contributed by atoms with van der Waals surface area (Å²) in [5.41, 5.74) is 25.7. The zero-order valence-corrected chi connectivity index (χ0v) is 50.3. The Hall–Kier alpha value is -10.3. The third-order valence-corrected chi connectivity index (χ3v) is 18.4. The molecule has 13 aromatic carbocycles. The molecule has 0 amide bonds. The van der Waals surface area contributed by atoms with Gasteiger partial charge < -0.3 is 9.47 Å². The van der Waals surface area contributed by atoms with Gasteiger partial charge in [0.1, 0.15) is 0 Å². The van der Waals surface area contributed by atoms with Crippen molar-refractivity contribution in [1.29, 1.82) is 0 Å². The van der Waals surface area contributed by atoms with Gasteiger partial charge in [0.05, 0.1) is 27.8 Å².